The van der Waals surface area contributed by atoms with E-state index < -0.39 is 21.7 Å². The molecule has 1 saturated heterocycles. The standard InChI is InChI=1S/C24H27FN2O5S/c1-16(20-7-8-21(25)22(10-20)32-13-17-5-6-17)14-33(30,31)15-19-4-2-3-18(9-19)11-27-12-23(28)26-24(27)29/h2-4,7-10,16-17H,5-6,11-15H2,1H3,(H,26,28,29)/t16-/m0/s1. The molecule has 176 valence electrons. The molecule has 1 saturated carbocycles. The fourth-order valence-corrected chi connectivity index (χ4v) is 5.63. The summed E-state index contributed by atoms with van der Waals surface area (Å²) in [5.41, 5.74) is 2.07. The molecule has 1 heterocycles. The number of imide groups is 1. The van der Waals surface area contributed by atoms with Crippen molar-refractivity contribution in [1.29, 1.82) is 0 Å². The summed E-state index contributed by atoms with van der Waals surface area (Å²) in [5, 5.41) is 2.22. The van der Waals surface area contributed by atoms with Crippen molar-refractivity contribution in [2.45, 2.75) is 38.0 Å². The van der Waals surface area contributed by atoms with Gasteiger partial charge in [0, 0.05) is 6.54 Å². The Balaban J connectivity index is 1.39. The molecule has 0 bridgehead atoms. The summed E-state index contributed by atoms with van der Waals surface area (Å²) in [7, 11) is -3.47. The van der Waals surface area contributed by atoms with Crippen LogP contribution in [0.3, 0.4) is 0 Å². The zero-order valence-electron chi connectivity index (χ0n) is 18.4. The maximum Gasteiger partial charge on any atom is 0.324 e. The highest BCUT2D eigenvalue weighted by molar-refractivity contribution is 7.90. The number of amides is 3. The fourth-order valence-electron chi connectivity index (χ4n) is 3.87. The molecule has 2 aromatic rings. The number of carbonyl (C=O) groups is 2. The average molecular weight is 475 g/mol. The minimum atomic E-state index is -3.47. The Kier molecular flexibility index (Phi) is 6.69. The van der Waals surface area contributed by atoms with Crippen molar-refractivity contribution in [1.82, 2.24) is 10.2 Å². The van der Waals surface area contributed by atoms with E-state index in [1.807, 2.05) is 0 Å². The quantitative estimate of drug-likeness (QED) is 0.533. The van der Waals surface area contributed by atoms with Crippen LogP contribution in [0, 0.1) is 11.7 Å². The molecule has 0 aromatic heterocycles. The van der Waals surface area contributed by atoms with E-state index in [1.165, 1.54) is 11.0 Å². The number of ether oxygens (including phenoxy) is 1. The summed E-state index contributed by atoms with van der Waals surface area (Å²) >= 11 is 0. The largest absolute Gasteiger partial charge is 0.490 e. The van der Waals surface area contributed by atoms with E-state index >= 15 is 0 Å². The predicted molar refractivity (Wildman–Crippen MR) is 121 cm³/mol. The van der Waals surface area contributed by atoms with Crippen molar-refractivity contribution in [2.24, 2.45) is 5.92 Å². The van der Waals surface area contributed by atoms with Gasteiger partial charge < -0.3 is 9.64 Å². The number of hydrogen-bond acceptors (Lipinski definition) is 5. The number of urea groups is 1. The Morgan fingerprint density at radius 3 is 2.61 bits per heavy atom. The minimum Gasteiger partial charge on any atom is -0.490 e. The molecule has 9 heteroatoms. The third kappa shape index (κ3) is 6.31. The van der Waals surface area contributed by atoms with Crippen LogP contribution in [0.15, 0.2) is 42.5 Å². The Morgan fingerprint density at radius 1 is 1.15 bits per heavy atom. The van der Waals surface area contributed by atoms with Gasteiger partial charge in [-0.3, -0.25) is 10.1 Å². The molecule has 0 spiro atoms. The van der Waals surface area contributed by atoms with Crippen LogP contribution >= 0.6 is 0 Å². The van der Waals surface area contributed by atoms with E-state index in [-0.39, 0.29) is 42.2 Å². The second kappa shape index (κ2) is 9.51. The van der Waals surface area contributed by atoms with Crippen LogP contribution in [0.4, 0.5) is 9.18 Å². The number of sulfone groups is 1. The lowest BCUT2D eigenvalue weighted by atomic mass is 10.0. The van der Waals surface area contributed by atoms with Gasteiger partial charge >= 0.3 is 6.03 Å². The topological polar surface area (TPSA) is 92.8 Å². The number of nitrogens with zero attached hydrogens (tertiary/aromatic N) is 1. The van der Waals surface area contributed by atoms with Crippen LogP contribution in [0.1, 0.15) is 42.4 Å². The first-order valence-electron chi connectivity index (χ1n) is 11.0. The second-order valence-electron chi connectivity index (χ2n) is 8.93. The minimum absolute atomic E-state index is 0.0110. The van der Waals surface area contributed by atoms with Crippen molar-refractivity contribution in [3.05, 3.63) is 65.0 Å². The summed E-state index contributed by atoms with van der Waals surface area (Å²) in [6.45, 7) is 2.50. The van der Waals surface area contributed by atoms with Crippen molar-refractivity contribution in [2.75, 3.05) is 18.9 Å². The normalized spacial score (nSPS) is 17.2. The number of halogens is 1. The second-order valence-corrected chi connectivity index (χ2v) is 11.0. The number of nitrogens with one attached hydrogen (secondary N) is 1. The Bertz CT molecular complexity index is 1160. The fraction of sp³-hybridized carbons (Fsp3) is 0.417. The Morgan fingerprint density at radius 2 is 1.91 bits per heavy atom. The molecule has 2 aromatic carbocycles. The molecule has 1 N–H and O–H groups in total. The van der Waals surface area contributed by atoms with Crippen molar-refractivity contribution in [3.63, 3.8) is 0 Å². The van der Waals surface area contributed by atoms with Gasteiger partial charge in [0.15, 0.2) is 21.4 Å². The van der Waals surface area contributed by atoms with Gasteiger partial charge in [0.2, 0.25) is 5.91 Å². The summed E-state index contributed by atoms with van der Waals surface area (Å²) in [6.07, 6.45) is 2.20. The lowest BCUT2D eigenvalue weighted by molar-refractivity contribution is -0.118. The lowest BCUT2D eigenvalue weighted by Crippen LogP contribution is -2.27. The molecule has 2 fully saturated rings. The van der Waals surface area contributed by atoms with E-state index in [2.05, 4.69) is 5.32 Å². The molecule has 7 nitrogen and oxygen atoms in total. The third-order valence-electron chi connectivity index (χ3n) is 5.82. The summed E-state index contributed by atoms with van der Waals surface area (Å²) in [4.78, 5) is 24.5. The molecule has 33 heavy (non-hydrogen) atoms. The van der Waals surface area contributed by atoms with Crippen LogP contribution in [0.5, 0.6) is 5.75 Å². The molecule has 4 rings (SSSR count). The van der Waals surface area contributed by atoms with Crippen LogP contribution in [-0.4, -0.2) is 44.2 Å². The zero-order chi connectivity index (χ0) is 23.6. The van der Waals surface area contributed by atoms with Gasteiger partial charge in [-0.05, 0) is 53.5 Å². The molecule has 0 radical (unpaired) electrons. The summed E-state index contributed by atoms with van der Waals surface area (Å²) in [5.74, 6) is -0.713. The maximum atomic E-state index is 14.1. The monoisotopic (exact) mass is 474 g/mol. The molecular weight excluding hydrogens is 447 g/mol. The van der Waals surface area contributed by atoms with Crippen LogP contribution in [-0.2, 0) is 26.9 Å². The van der Waals surface area contributed by atoms with Gasteiger partial charge in [0.1, 0.15) is 6.54 Å². The van der Waals surface area contributed by atoms with Crippen LogP contribution < -0.4 is 10.1 Å². The van der Waals surface area contributed by atoms with Crippen molar-refractivity contribution in [3.8, 4) is 5.75 Å². The first-order chi connectivity index (χ1) is 15.7. The van der Waals surface area contributed by atoms with E-state index in [0.29, 0.717) is 23.7 Å². The molecule has 1 aliphatic carbocycles. The molecule has 0 unspecified atom stereocenters. The molecule has 2 aliphatic rings. The first kappa shape index (κ1) is 23.2. The van der Waals surface area contributed by atoms with Crippen molar-refractivity contribution >= 4 is 21.8 Å². The van der Waals surface area contributed by atoms with E-state index in [4.69, 9.17) is 4.74 Å². The highest BCUT2D eigenvalue weighted by Crippen LogP contribution is 2.31. The highest BCUT2D eigenvalue weighted by atomic mass is 32.2. The molecule has 1 aliphatic heterocycles. The Hall–Kier alpha value is -2.94. The zero-order valence-corrected chi connectivity index (χ0v) is 19.2. The number of benzene rings is 2. The van der Waals surface area contributed by atoms with Gasteiger partial charge in [-0.25, -0.2) is 17.6 Å². The first-order valence-corrected chi connectivity index (χ1v) is 12.8. The number of carbonyl (C=O) groups excluding carboxylic acids is 2. The average Bonchev–Trinajstić information content (AvgIpc) is 3.51. The molecular formula is C24H27FN2O5S. The van der Waals surface area contributed by atoms with Crippen LogP contribution in [0.2, 0.25) is 0 Å². The smallest absolute Gasteiger partial charge is 0.324 e. The SMILES string of the molecule is C[C@@H](CS(=O)(=O)Cc1cccc(CN2CC(=O)NC2=O)c1)c1ccc(F)c(OCC2CC2)c1. The van der Waals surface area contributed by atoms with Gasteiger partial charge in [-0.1, -0.05) is 37.3 Å². The summed E-state index contributed by atoms with van der Waals surface area (Å²) < 4.78 is 45.4. The maximum absolute atomic E-state index is 14.1. The number of rotatable bonds is 10. The van der Waals surface area contributed by atoms with Crippen molar-refractivity contribution < 1.29 is 27.1 Å². The van der Waals surface area contributed by atoms with Gasteiger partial charge in [0.05, 0.1) is 18.1 Å². The Labute approximate surface area is 192 Å². The molecule has 3 amide bonds. The summed E-state index contributed by atoms with van der Waals surface area (Å²) in [6, 6.07) is 11.1. The van der Waals surface area contributed by atoms with Gasteiger partial charge in [-0.2, -0.15) is 0 Å². The third-order valence-corrected chi connectivity index (χ3v) is 7.60. The van der Waals surface area contributed by atoms with Gasteiger partial charge in [-0.15, -0.1) is 0 Å². The van der Waals surface area contributed by atoms with E-state index in [9.17, 15) is 22.4 Å². The lowest BCUT2D eigenvalue weighted by Gasteiger charge is -2.16. The highest BCUT2D eigenvalue weighted by Gasteiger charge is 2.27. The molecule has 1 atom stereocenters. The number of hydrogen-bond donors (Lipinski definition) is 1. The van der Waals surface area contributed by atoms with E-state index in [0.717, 1.165) is 18.4 Å². The van der Waals surface area contributed by atoms with E-state index in [1.54, 1.807) is 43.3 Å². The van der Waals surface area contributed by atoms with Gasteiger partial charge in [0.25, 0.3) is 0 Å². The van der Waals surface area contributed by atoms with Crippen LogP contribution in [0.25, 0.3) is 0 Å². The predicted octanol–water partition coefficient (Wildman–Crippen LogP) is 3.38.